The van der Waals surface area contributed by atoms with E-state index >= 15 is 0 Å². The fraction of sp³-hybridized carbons (Fsp3) is 0.381. The average Bonchev–Trinajstić information content (AvgIpc) is 3.21. The van der Waals surface area contributed by atoms with Crippen LogP contribution in [0.25, 0.3) is 22.2 Å². The van der Waals surface area contributed by atoms with Crippen molar-refractivity contribution in [2.45, 2.75) is 12.8 Å². The molecule has 0 atom stereocenters. The van der Waals surface area contributed by atoms with Gasteiger partial charge in [-0.05, 0) is 45.0 Å². The predicted molar refractivity (Wildman–Crippen MR) is 112 cm³/mol. The summed E-state index contributed by atoms with van der Waals surface area (Å²) in [5.74, 6) is 1.89. The molecule has 4 rings (SSSR count). The Labute approximate surface area is 164 Å². The van der Waals surface area contributed by atoms with Crippen LogP contribution in [0.4, 0.5) is 5.82 Å². The van der Waals surface area contributed by atoms with Crippen molar-refractivity contribution < 1.29 is 4.74 Å². The Morgan fingerprint density at radius 3 is 2.93 bits per heavy atom. The first kappa shape index (κ1) is 18.4. The summed E-state index contributed by atoms with van der Waals surface area (Å²) in [4.78, 5) is 7.09. The van der Waals surface area contributed by atoms with E-state index < -0.39 is 0 Å². The molecule has 2 aromatic heterocycles. The second kappa shape index (κ2) is 7.98. The third-order valence-electron chi connectivity index (χ3n) is 5.48. The number of rotatable bonds is 6. The molecule has 7 heteroatoms. The molecule has 1 aliphatic heterocycles. The van der Waals surface area contributed by atoms with Crippen LogP contribution in [-0.4, -0.2) is 60.1 Å². The molecule has 28 heavy (non-hydrogen) atoms. The zero-order valence-electron chi connectivity index (χ0n) is 16.3. The van der Waals surface area contributed by atoms with Crippen molar-refractivity contribution in [1.29, 1.82) is 5.41 Å². The Kier molecular flexibility index (Phi) is 5.25. The Morgan fingerprint density at radius 1 is 1.36 bits per heavy atom. The van der Waals surface area contributed by atoms with E-state index in [1.807, 2.05) is 37.5 Å². The summed E-state index contributed by atoms with van der Waals surface area (Å²) < 4.78 is 6.23. The maximum absolute atomic E-state index is 7.85. The molecule has 3 heterocycles. The van der Waals surface area contributed by atoms with E-state index in [1.54, 1.807) is 0 Å². The van der Waals surface area contributed by atoms with Crippen LogP contribution in [0.5, 0.6) is 5.75 Å². The summed E-state index contributed by atoms with van der Waals surface area (Å²) in [7, 11) is 3.98. The summed E-state index contributed by atoms with van der Waals surface area (Å²) in [6.07, 6.45) is 5.41. The van der Waals surface area contributed by atoms with Gasteiger partial charge in [0.25, 0.3) is 0 Å². The maximum Gasteiger partial charge on any atom is 0.139 e. The Balaban J connectivity index is 1.68. The Hall–Kier alpha value is -2.93. The van der Waals surface area contributed by atoms with Crippen LogP contribution in [0.3, 0.4) is 0 Å². The van der Waals surface area contributed by atoms with Crippen molar-refractivity contribution in [2.24, 2.45) is 5.92 Å². The minimum atomic E-state index is 0.543. The SMILES string of the molecule is CNc1nc(-c2cccc3[nH]ncc23)cc(OCC2CCN(C)CC2)c1C=N. The van der Waals surface area contributed by atoms with Crippen LogP contribution in [-0.2, 0) is 0 Å². The number of likely N-dealkylation sites (tertiary alicyclic amines) is 1. The van der Waals surface area contributed by atoms with Crippen molar-refractivity contribution in [3.8, 4) is 17.0 Å². The van der Waals surface area contributed by atoms with Gasteiger partial charge in [0, 0.05) is 30.3 Å². The van der Waals surface area contributed by atoms with Gasteiger partial charge in [-0.15, -0.1) is 0 Å². The van der Waals surface area contributed by atoms with Gasteiger partial charge in [-0.1, -0.05) is 12.1 Å². The summed E-state index contributed by atoms with van der Waals surface area (Å²) >= 11 is 0. The van der Waals surface area contributed by atoms with E-state index in [9.17, 15) is 0 Å². The lowest BCUT2D eigenvalue weighted by Crippen LogP contribution is -2.32. The molecule has 0 bridgehead atoms. The summed E-state index contributed by atoms with van der Waals surface area (Å²) in [6, 6.07) is 7.96. The summed E-state index contributed by atoms with van der Waals surface area (Å²) in [5.41, 5.74) is 3.44. The molecule has 1 aromatic carbocycles. The van der Waals surface area contributed by atoms with E-state index in [4.69, 9.17) is 15.1 Å². The lowest BCUT2D eigenvalue weighted by molar-refractivity contribution is 0.160. The quantitative estimate of drug-likeness (QED) is 0.572. The van der Waals surface area contributed by atoms with E-state index in [1.165, 1.54) is 6.21 Å². The molecule has 0 aliphatic carbocycles. The number of hydrogen-bond acceptors (Lipinski definition) is 6. The molecule has 146 valence electrons. The van der Waals surface area contributed by atoms with Gasteiger partial charge in [0.1, 0.15) is 11.6 Å². The van der Waals surface area contributed by atoms with Crippen LogP contribution in [0.15, 0.2) is 30.5 Å². The Bertz CT molecular complexity index is 974. The van der Waals surface area contributed by atoms with Crippen molar-refractivity contribution in [3.63, 3.8) is 0 Å². The Morgan fingerprint density at radius 2 is 2.18 bits per heavy atom. The molecule has 1 aliphatic rings. The van der Waals surface area contributed by atoms with Gasteiger partial charge in [0.15, 0.2) is 0 Å². The highest BCUT2D eigenvalue weighted by Gasteiger charge is 2.19. The first-order valence-corrected chi connectivity index (χ1v) is 9.66. The van der Waals surface area contributed by atoms with Gasteiger partial charge >= 0.3 is 0 Å². The molecular formula is C21H26N6O. The van der Waals surface area contributed by atoms with E-state index in [2.05, 4.69) is 27.5 Å². The lowest BCUT2D eigenvalue weighted by Gasteiger charge is -2.29. The topological polar surface area (TPSA) is 89.9 Å². The van der Waals surface area contributed by atoms with Crippen LogP contribution in [0.2, 0.25) is 0 Å². The minimum absolute atomic E-state index is 0.543. The van der Waals surface area contributed by atoms with Gasteiger partial charge in [-0.25, -0.2) is 4.98 Å². The second-order valence-corrected chi connectivity index (χ2v) is 7.36. The number of nitrogens with one attached hydrogen (secondary N) is 3. The minimum Gasteiger partial charge on any atom is -0.492 e. The monoisotopic (exact) mass is 378 g/mol. The third kappa shape index (κ3) is 3.57. The lowest BCUT2D eigenvalue weighted by atomic mass is 9.98. The molecule has 0 amide bonds. The highest BCUT2D eigenvalue weighted by Crippen LogP contribution is 2.33. The molecule has 1 fully saturated rings. The number of benzene rings is 1. The number of pyridine rings is 1. The van der Waals surface area contributed by atoms with Crippen molar-refractivity contribution in [1.82, 2.24) is 20.1 Å². The first-order chi connectivity index (χ1) is 13.7. The van der Waals surface area contributed by atoms with Crippen LogP contribution in [0, 0.1) is 11.3 Å². The molecule has 3 N–H and O–H groups in total. The molecule has 0 saturated carbocycles. The number of fused-ring (bicyclic) bond motifs is 1. The number of ether oxygens (including phenoxy) is 1. The number of H-pyrrole nitrogens is 1. The fourth-order valence-electron chi connectivity index (χ4n) is 3.75. The number of aromatic nitrogens is 3. The van der Waals surface area contributed by atoms with Gasteiger partial charge in [0.2, 0.25) is 0 Å². The second-order valence-electron chi connectivity index (χ2n) is 7.36. The van der Waals surface area contributed by atoms with Gasteiger partial charge in [-0.3, -0.25) is 5.10 Å². The normalized spacial score (nSPS) is 15.6. The fourth-order valence-corrected chi connectivity index (χ4v) is 3.75. The molecule has 0 unspecified atom stereocenters. The maximum atomic E-state index is 7.85. The summed E-state index contributed by atoms with van der Waals surface area (Å²) in [6.45, 7) is 2.88. The highest BCUT2D eigenvalue weighted by molar-refractivity contribution is 5.95. The van der Waals surface area contributed by atoms with Gasteiger partial charge < -0.3 is 20.4 Å². The van der Waals surface area contributed by atoms with Crippen molar-refractivity contribution >= 4 is 22.9 Å². The third-order valence-corrected chi connectivity index (χ3v) is 5.48. The van der Waals surface area contributed by atoms with Gasteiger partial charge in [-0.2, -0.15) is 5.10 Å². The molecule has 3 aromatic rings. The van der Waals surface area contributed by atoms with E-state index in [0.29, 0.717) is 29.7 Å². The standard InChI is InChI=1S/C21H26N6O/c1-23-21-16(11-22)20(28-13-14-6-8-27(2)9-7-14)10-19(25-21)15-4-3-5-18-17(15)12-24-26-18/h3-5,10-12,14,22H,6-9,13H2,1-2H3,(H,23,25)(H,24,26). The molecule has 0 spiro atoms. The predicted octanol–water partition coefficient (Wildman–Crippen LogP) is 3.38. The highest BCUT2D eigenvalue weighted by atomic mass is 16.5. The van der Waals surface area contributed by atoms with Crippen LogP contribution in [0.1, 0.15) is 18.4 Å². The average molecular weight is 378 g/mol. The zero-order chi connectivity index (χ0) is 19.5. The van der Waals surface area contributed by atoms with Crippen LogP contribution < -0.4 is 10.1 Å². The smallest absolute Gasteiger partial charge is 0.139 e. The van der Waals surface area contributed by atoms with E-state index in [0.717, 1.165) is 48.1 Å². The van der Waals surface area contributed by atoms with Gasteiger partial charge in [0.05, 0.1) is 29.6 Å². The molecule has 7 nitrogen and oxygen atoms in total. The largest absolute Gasteiger partial charge is 0.492 e. The first-order valence-electron chi connectivity index (χ1n) is 9.66. The zero-order valence-corrected chi connectivity index (χ0v) is 16.3. The number of aromatic amines is 1. The van der Waals surface area contributed by atoms with E-state index in [-0.39, 0.29) is 0 Å². The van der Waals surface area contributed by atoms with Crippen molar-refractivity contribution in [2.75, 3.05) is 39.1 Å². The number of anilines is 1. The molecule has 0 radical (unpaired) electrons. The van der Waals surface area contributed by atoms with Crippen molar-refractivity contribution in [3.05, 3.63) is 36.0 Å². The molecule has 1 saturated heterocycles. The number of hydrogen-bond donors (Lipinski definition) is 3. The summed E-state index contributed by atoms with van der Waals surface area (Å²) in [5, 5.41) is 19.1. The van der Waals surface area contributed by atoms with Crippen LogP contribution >= 0.6 is 0 Å². The number of nitrogens with zero attached hydrogens (tertiary/aromatic N) is 3. The number of piperidine rings is 1. The molecular weight excluding hydrogens is 352 g/mol.